The molecule has 7 heteroatoms. The zero-order valence-corrected chi connectivity index (χ0v) is 23.5. The molecule has 2 aromatic rings. The van der Waals surface area contributed by atoms with Crippen molar-refractivity contribution in [2.75, 3.05) is 18.5 Å². The molecule has 0 aromatic heterocycles. The van der Waals surface area contributed by atoms with Crippen molar-refractivity contribution in [3.8, 4) is 0 Å². The Hall–Kier alpha value is -3.61. The number of hydrogen-bond donors (Lipinski definition) is 2. The highest BCUT2D eigenvalue weighted by atomic mass is 16.5. The summed E-state index contributed by atoms with van der Waals surface area (Å²) in [4.78, 5) is 41.1. The van der Waals surface area contributed by atoms with Gasteiger partial charge in [-0.05, 0) is 54.4 Å². The first kappa shape index (κ1) is 29.0. The van der Waals surface area contributed by atoms with E-state index >= 15 is 0 Å². The zero-order chi connectivity index (χ0) is 27.9. The molecule has 1 heterocycles. The van der Waals surface area contributed by atoms with Crippen molar-refractivity contribution in [3.63, 3.8) is 0 Å². The van der Waals surface area contributed by atoms with Gasteiger partial charge in [0.05, 0.1) is 23.9 Å². The average Bonchev–Trinajstić information content (AvgIpc) is 2.84. The maximum atomic E-state index is 13.4. The second kappa shape index (κ2) is 12.8. The summed E-state index contributed by atoms with van der Waals surface area (Å²) in [6.07, 6.45) is 2.08. The number of anilines is 1. The van der Waals surface area contributed by atoms with Crippen molar-refractivity contribution in [2.24, 2.45) is 11.3 Å². The maximum Gasteiger partial charge on any atom is 0.338 e. The van der Waals surface area contributed by atoms with Gasteiger partial charge in [0.2, 0.25) is 5.91 Å². The Labute approximate surface area is 226 Å². The van der Waals surface area contributed by atoms with Crippen LogP contribution in [0.1, 0.15) is 78.0 Å². The lowest BCUT2D eigenvalue weighted by Gasteiger charge is -2.37. The molecule has 3 rings (SSSR count). The van der Waals surface area contributed by atoms with E-state index in [9.17, 15) is 14.4 Å². The Bertz CT molecular complexity index is 1170. The molecule has 0 fully saturated rings. The van der Waals surface area contributed by atoms with E-state index in [4.69, 9.17) is 4.74 Å². The van der Waals surface area contributed by atoms with Crippen LogP contribution in [-0.2, 0) is 14.3 Å². The Morgan fingerprint density at radius 1 is 1.08 bits per heavy atom. The van der Waals surface area contributed by atoms with E-state index in [0.717, 1.165) is 18.4 Å². The number of carbonyl (C=O) groups excluding carboxylic acids is 3. The van der Waals surface area contributed by atoms with Crippen LogP contribution in [0.15, 0.2) is 60.2 Å². The third-order valence-corrected chi connectivity index (χ3v) is 6.31. The van der Waals surface area contributed by atoms with Gasteiger partial charge in [0, 0.05) is 18.7 Å². The molecule has 2 N–H and O–H groups in total. The number of hydrogen-bond acceptors (Lipinski definition) is 4. The minimum Gasteiger partial charge on any atom is -0.463 e. The zero-order valence-electron chi connectivity index (χ0n) is 23.5. The molecule has 0 radical (unpaired) electrons. The van der Waals surface area contributed by atoms with Crippen LogP contribution < -0.4 is 10.6 Å². The first-order valence-electron chi connectivity index (χ1n) is 13.5. The van der Waals surface area contributed by atoms with Crippen molar-refractivity contribution in [2.45, 2.75) is 66.8 Å². The lowest BCUT2D eigenvalue weighted by molar-refractivity contribution is -0.139. The molecule has 2 atom stereocenters. The Kier molecular flexibility index (Phi) is 9.72. The second-order valence-electron chi connectivity index (χ2n) is 11.1. The standard InChI is InChI=1S/C31H41N3O4/c1-7-17-34-28(22-13-10-9-11-14-22)26(29(36)38-8-2)27(33-30(34)37)23-15-12-16-24(19-23)32-25(35)18-21(3)20-31(4,5)6/h9-16,19,21,27H,7-8,17-18,20H2,1-6H3,(H,32,35)(H,33,37)/t21-,27-/m1/s1. The molecule has 3 amide bonds. The van der Waals surface area contributed by atoms with E-state index in [-0.39, 0.29) is 29.9 Å². The number of urea groups is 1. The molecule has 1 aliphatic heterocycles. The number of nitrogens with zero attached hydrogens (tertiary/aromatic N) is 1. The fourth-order valence-electron chi connectivity index (χ4n) is 5.12. The molecule has 204 valence electrons. The molecule has 1 aliphatic rings. The van der Waals surface area contributed by atoms with Gasteiger partial charge in [0.1, 0.15) is 0 Å². The molecule has 0 bridgehead atoms. The summed E-state index contributed by atoms with van der Waals surface area (Å²) in [6, 6.07) is 15.7. The van der Waals surface area contributed by atoms with Gasteiger partial charge in [-0.25, -0.2) is 9.59 Å². The van der Waals surface area contributed by atoms with Crippen LogP contribution in [0.4, 0.5) is 10.5 Å². The molecule has 0 spiro atoms. The van der Waals surface area contributed by atoms with Crippen molar-refractivity contribution in [1.82, 2.24) is 10.2 Å². The summed E-state index contributed by atoms with van der Waals surface area (Å²) in [7, 11) is 0. The van der Waals surface area contributed by atoms with Crippen molar-refractivity contribution >= 4 is 29.3 Å². The summed E-state index contributed by atoms with van der Waals surface area (Å²) in [5.41, 5.74) is 3.13. The number of carbonyl (C=O) groups is 3. The normalized spacial score (nSPS) is 16.6. The van der Waals surface area contributed by atoms with Crippen LogP contribution in [0.3, 0.4) is 0 Å². The number of esters is 1. The first-order valence-corrected chi connectivity index (χ1v) is 13.5. The van der Waals surface area contributed by atoms with Crippen LogP contribution >= 0.6 is 0 Å². The summed E-state index contributed by atoms with van der Waals surface area (Å²) >= 11 is 0. The Morgan fingerprint density at radius 3 is 2.42 bits per heavy atom. The third kappa shape index (κ3) is 7.46. The molecule has 38 heavy (non-hydrogen) atoms. The predicted octanol–water partition coefficient (Wildman–Crippen LogP) is 6.54. The highest BCUT2D eigenvalue weighted by molar-refractivity contribution is 6.04. The molecule has 0 saturated heterocycles. The Morgan fingerprint density at radius 2 is 1.79 bits per heavy atom. The van der Waals surface area contributed by atoms with E-state index in [1.165, 1.54) is 0 Å². The average molecular weight is 520 g/mol. The summed E-state index contributed by atoms with van der Waals surface area (Å²) < 4.78 is 5.48. The molecule has 0 unspecified atom stereocenters. The topological polar surface area (TPSA) is 87.7 Å². The smallest absolute Gasteiger partial charge is 0.338 e. The van der Waals surface area contributed by atoms with E-state index in [2.05, 4.69) is 38.3 Å². The van der Waals surface area contributed by atoms with Crippen molar-refractivity contribution < 1.29 is 19.1 Å². The van der Waals surface area contributed by atoms with Crippen LogP contribution in [0, 0.1) is 11.3 Å². The van der Waals surface area contributed by atoms with Crippen LogP contribution in [0.25, 0.3) is 5.70 Å². The Balaban J connectivity index is 2.00. The lowest BCUT2D eigenvalue weighted by Crippen LogP contribution is -2.48. The van der Waals surface area contributed by atoms with Gasteiger partial charge in [-0.15, -0.1) is 0 Å². The fourth-order valence-corrected chi connectivity index (χ4v) is 5.12. The van der Waals surface area contributed by atoms with Crippen LogP contribution in [0.2, 0.25) is 0 Å². The van der Waals surface area contributed by atoms with E-state index in [0.29, 0.717) is 35.5 Å². The molecule has 7 nitrogen and oxygen atoms in total. The van der Waals surface area contributed by atoms with Gasteiger partial charge in [-0.1, -0.05) is 77.1 Å². The number of ether oxygens (including phenoxy) is 1. The number of nitrogens with one attached hydrogen (secondary N) is 2. The van der Waals surface area contributed by atoms with Crippen LogP contribution in [0.5, 0.6) is 0 Å². The van der Waals surface area contributed by atoms with Gasteiger partial charge in [-0.2, -0.15) is 0 Å². The van der Waals surface area contributed by atoms with E-state index in [1.54, 1.807) is 11.8 Å². The summed E-state index contributed by atoms with van der Waals surface area (Å²) in [6.45, 7) is 13.0. The van der Waals surface area contributed by atoms with Gasteiger partial charge in [0.15, 0.2) is 0 Å². The molecular weight excluding hydrogens is 478 g/mol. The van der Waals surface area contributed by atoms with Gasteiger partial charge in [0.25, 0.3) is 0 Å². The third-order valence-electron chi connectivity index (χ3n) is 6.31. The minimum atomic E-state index is -0.735. The summed E-state index contributed by atoms with van der Waals surface area (Å²) in [5, 5.41) is 6.01. The fraction of sp³-hybridized carbons (Fsp3) is 0.452. The predicted molar refractivity (Wildman–Crippen MR) is 151 cm³/mol. The maximum absolute atomic E-state index is 13.4. The van der Waals surface area contributed by atoms with Gasteiger partial charge < -0.3 is 15.4 Å². The number of benzene rings is 2. The quantitative estimate of drug-likeness (QED) is 0.349. The van der Waals surface area contributed by atoms with Crippen LogP contribution in [-0.4, -0.2) is 36.0 Å². The van der Waals surface area contributed by atoms with Gasteiger partial charge >= 0.3 is 12.0 Å². The monoisotopic (exact) mass is 519 g/mol. The lowest BCUT2D eigenvalue weighted by atomic mass is 9.84. The summed E-state index contributed by atoms with van der Waals surface area (Å²) in [5.74, 6) is -0.304. The molecule has 0 aliphatic carbocycles. The van der Waals surface area contributed by atoms with E-state index in [1.807, 2.05) is 61.5 Å². The molecule has 0 saturated carbocycles. The molecule has 2 aromatic carbocycles. The second-order valence-corrected chi connectivity index (χ2v) is 11.1. The van der Waals surface area contributed by atoms with Gasteiger partial charge in [-0.3, -0.25) is 9.69 Å². The highest BCUT2D eigenvalue weighted by Gasteiger charge is 2.38. The van der Waals surface area contributed by atoms with Crippen molar-refractivity contribution in [1.29, 1.82) is 0 Å². The number of amides is 3. The van der Waals surface area contributed by atoms with Crippen molar-refractivity contribution in [3.05, 3.63) is 71.3 Å². The minimum absolute atomic E-state index is 0.0631. The molecular formula is C31H41N3O4. The SMILES string of the molecule is CCCN1C(=O)N[C@H](c2cccc(NC(=O)C[C@@H](C)CC(C)(C)C)c2)C(C(=O)OCC)=C1c1ccccc1. The first-order chi connectivity index (χ1) is 18.0. The van der Waals surface area contributed by atoms with E-state index < -0.39 is 12.0 Å². The largest absolute Gasteiger partial charge is 0.463 e. The number of rotatable bonds is 10. The highest BCUT2D eigenvalue weighted by Crippen LogP contribution is 2.37.